The molecule has 7 heteroatoms. The van der Waals surface area contributed by atoms with Gasteiger partial charge in [-0.25, -0.2) is 0 Å². The molecule has 1 saturated carbocycles. The Morgan fingerprint density at radius 2 is 2.00 bits per heavy atom. The molecule has 2 fully saturated rings. The molecule has 2 aliphatic rings. The lowest BCUT2D eigenvalue weighted by atomic mass is 9.97. The van der Waals surface area contributed by atoms with Crippen molar-refractivity contribution in [2.24, 2.45) is 11.8 Å². The fraction of sp³-hybridized carbons (Fsp3) is 0.611. The van der Waals surface area contributed by atoms with Gasteiger partial charge in [0.15, 0.2) is 0 Å². The van der Waals surface area contributed by atoms with Crippen LogP contribution in [0.25, 0.3) is 0 Å². The zero-order valence-electron chi connectivity index (χ0n) is 14.6. The van der Waals surface area contributed by atoms with E-state index in [1.165, 1.54) is 15.3 Å². The number of likely N-dealkylation sites (tertiary alicyclic amines) is 1. The van der Waals surface area contributed by atoms with E-state index < -0.39 is 5.97 Å². The minimum Gasteiger partial charge on any atom is -0.481 e. The molecule has 0 aromatic carbocycles. The van der Waals surface area contributed by atoms with Crippen molar-refractivity contribution >= 4 is 29.1 Å². The van der Waals surface area contributed by atoms with E-state index in [1.807, 2.05) is 0 Å². The van der Waals surface area contributed by atoms with Gasteiger partial charge in [0, 0.05) is 36.9 Å². The SMILES string of the molecule is Cc1ccsc1C1CC1C(=O)N(C)CC(=O)N1CCC(C(=O)O)CC1. The fourth-order valence-electron chi connectivity index (χ4n) is 3.56. The third-order valence-electron chi connectivity index (χ3n) is 5.29. The molecule has 1 N–H and O–H groups in total. The van der Waals surface area contributed by atoms with Crippen molar-refractivity contribution < 1.29 is 19.5 Å². The molecule has 2 atom stereocenters. The number of rotatable bonds is 5. The zero-order valence-corrected chi connectivity index (χ0v) is 15.4. The number of thiophene rings is 1. The molecule has 1 saturated heterocycles. The molecule has 25 heavy (non-hydrogen) atoms. The Balaban J connectivity index is 1.48. The molecule has 2 unspecified atom stereocenters. The Hall–Kier alpha value is -1.89. The Bertz CT molecular complexity index is 678. The molecule has 1 aromatic heterocycles. The molecule has 1 aliphatic carbocycles. The summed E-state index contributed by atoms with van der Waals surface area (Å²) >= 11 is 1.70. The number of carbonyl (C=O) groups is 3. The summed E-state index contributed by atoms with van der Waals surface area (Å²) < 4.78 is 0. The topological polar surface area (TPSA) is 77.9 Å². The Morgan fingerprint density at radius 1 is 1.32 bits per heavy atom. The van der Waals surface area contributed by atoms with Crippen molar-refractivity contribution in [1.82, 2.24) is 9.80 Å². The molecule has 136 valence electrons. The summed E-state index contributed by atoms with van der Waals surface area (Å²) in [5.41, 5.74) is 1.24. The average Bonchev–Trinajstić information content (AvgIpc) is 3.27. The van der Waals surface area contributed by atoms with Crippen molar-refractivity contribution in [2.75, 3.05) is 26.7 Å². The highest BCUT2D eigenvalue weighted by Crippen LogP contribution is 2.51. The number of aryl methyl sites for hydroxylation is 1. The Kier molecular flexibility index (Phi) is 5.13. The quantitative estimate of drug-likeness (QED) is 0.866. The van der Waals surface area contributed by atoms with Crippen molar-refractivity contribution in [3.05, 3.63) is 21.9 Å². The summed E-state index contributed by atoms with van der Waals surface area (Å²) in [7, 11) is 1.68. The molecule has 0 bridgehead atoms. The molecule has 6 nitrogen and oxygen atoms in total. The number of carbonyl (C=O) groups excluding carboxylic acids is 2. The van der Waals surface area contributed by atoms with Crippen molar-refractivity contribution in [2.45, 2.75) is 32.1 Å². The number of hydrogen-bond donors (Lipinski definition) is 1. The van der Waals surface area contributed by atoms with Crippen LogP contribution in [0.2, 0.25) is 0 Å². The number of likely N-dealkylation sites (N-methyl/N-ethyl adjacent to an activating group) is 1. The van der Waals surface area contributed by atoms with Crippen molar-refractivity contribution in [3.8, 4) is 0 Å². The van der Waals surface area contributed by atoms with Crippen LogP contribution in [0, 0.1) is 18.8 Å². The summed E-state index contributed by atoms with van der Waals surface area (Å²) in [5.74, 6) is -0.910. The number of carboxylic acid groups (broad SMARTS) is 1. The van der Waals surface area contributed by atoms with E-state index in [-0.39, 0.29) is 30.2 Å². The molecule has 0 radical (unpaired) electrons. The molecular weight excluding hydrogens is 340 g/mol. The predicted octanol–water partition coefficient (Wildman–Crippen LogP) is 1.94. The number of aliphatic carboxylic acids is 1. The fourth-order valence-corrected chi connectivity index (χ4v) is 4.67. The van der Waals surface area contributed by atoms with Gasteiger partial charge in [0.05, 0.1) is 12.5 Å². The first-order valence-electron chi connectivity index (χ1n) is 8.68. The van der Waals surface area contributed by atoms with Gasteiger partial charge < -0.3 is 14.9 Å². The minimum atomic E-state index is -0.789. The van der Waals surface area contributed by atoms with Crippen LogP contribution in [-0.4, -0.2) is 59.4 Å². The third-order valence-corrected chi connectivity index (χ3v) is 6.44. The van der Waals surface area contributed by atoms with Crippen molar-refractivity contribution in [1.29, 1.82) is 0 Å². The number of hydrogen-bond acceptors (Lipinski definition) is 4. The van der Waals surface area contributed by atoms with Crippen LogP contribution < -0.4 is 0 Å². The second kappa shape index (κ2) is 7.15. The van der Waals surface area contributed by atoms with E-state index in [9.17, 15) is 14.4 Å². The highest BCUT2D eigenvalue weighted by Gasteiger charge is 2.46. The highest BCUT2D eigenvalue weighted by atomic mass is 32.1. The third kappa shape index (κ3) is 3.86. The standard InChI is InChI=1S/C18H24N2O4S/c1-11-5-8-25-16(11)13-9-14(13)17(22)19(2)10-15(21)20-6-3-12(4-7-20)18(23)24/h5,8,12-14H,3-4,6-7,9-10H2,1-2H3,(H,23,24). The van der Waals surface area contributed by atoms with Gasteiger partial charge in [-0.1, -0.05) is 0 Å². The van der Waals surface area contributed by atoms with Gasteiger partial charge in [0.25, 0.3) is 0 Å². The maximum absolute atomic E-state index is 12.6. The van der Waals surface area contributed by atoms with Crippen LogP contribution in [0.1, 0.15) is 35.6 Å². The van der Waals surface area contributed by atoms with Gasteiger partial charge in [-0.3, -0.25) is 14.4 Å². The highest BCUT2D eigenvalue weighted by molar-refractivity contribution is 7.10. The van der Waals surface area contributed by atoms with E-state index >= 15 is 0 Å². The van der Waals surface area contributed by atoms with Crippen LogP contribution in [0.15, 0.2) is 11.4 Å². The van der Waals surface area contributed by atoms with Gasteiger partial charge >= 0.3 is 5.97 Å². The summed E-state index contributed by atoms with van der Waals surface area (Å²) in [4.78, 5) is 40.4. The molecular formula is C18H24N2O4S. The van der Waals surface area contributed by atoms with E-state index in [4.69, 9.17) is 5.11 Å². The molecule has 2 amide bonds. The van der Waals surface area contributed by atoms with Crippen LogP contribution in [0.5, 0.6) is 0 Å². The van der Waals surface area contributed by atoms with Gasteiger partial charge in [-0.2, -0.15) is 0 Å². The van der Waals surface area contributed by atoms with Gasteiger partial charge in [0.1, 0.15) is 0 Å². The first-order valence-corrected chi connectivity index (χ1v) is 9.56. The second-order valence-corrected chi connectivity index (χ2v) is 8.05. The van der Waals surface area contributed by atoms with E-state index in [0.717, 1.165) is 6.42 Å². The predicted molar refractivity (Wildman–Crippen MR) is 94.5 cm³/mol. The first-order chi connectivity index (χ1) is 11.9. The molecule has 2 heterocycles. The summed E-state index contributed by atoms with van der Waals surface area (Å²) in [6, 6.07) is 2.08. The lowest BCUT2D eigenvalue weighted by Gasteiger charge is -2.31. The minimum absolute atomic E-state index is 0.00658. The van der Waals surface area contributed by atoms with Crippen LogP contribution in [0.4, 0.5) is 0 Å². The van der Waals surface area contributed by atoms with E-state index in [1.54, 1.807) is 23.3 Å². The average molecular weight is 364 g/mol. The zero-order chi connectivity index (χ0) is 18.1. The molecule has 0 spiro atoms. The Morgan fingerprint density at radius 3 is 2.56 bits per heavy atom. The molecule has 3 rings (SSSR count). The second-order valence-electron chi connectivity index (χ2n) is 7.10. The van der Waals surface area contributed by atoms with Crippen LogP contribution in [-0.2, 0) is 14.4 Å². The number of amides is 2. The van der Waals surface area contributed by atoms with Gasteiger partial charge in [-0.15, -0.1) is 11.3 Å². The Labute approximate surface area is 151 Å². The monoisotopic (exact) mass is 364 g/mol. The lowest BCUT2D eigenvalue weighted by molar-refractivity contribution is -0.146. The van der Waals surface area contributed by atoms with Crippen LogP contribution in [0.3, 0.4) is 0 Å². The normalized spacial score (nSPS) is 23.4. The molecule has 1 aromatic rings. The van der Waals surface area contributed by atoms with Crippen molar-refractivity contribution in [3.63, 3.8) is 0 Å². The largest absolute Gasteiger partial charge is 0.481 e. The smallest absolute Gasteiger partial charge is 0.306 e. The van der Waals surface area contributed by atoms with E-state index in [2.05, 4.69) is 18.4 Å². The summed E-state index contributed by atoms with van der Waals surface area (Å²) in [6.45, 7) is 3.05. The molecule has 1 aliphatic heterocycles. The first kappa shape index (κ1) is 17.9. The maximum Gasteiger partial charge on any atom is 0.306 e. The number of nitrogens with zero attached hydrogens (tertiary/aromatic N) is 2. The van der Waals surface area contributed by atoms with Gasteiger partial charge in [0.2, 0.25) is 11.8 Å². The van der Waals surface area contributed by atoms with Crippen LogP contribution >= 0.6 is 11.3 Å². The summed E-state index contributed by atoms with van der Waals surface area (Å²) in [5, 5.41) is 11.1. The number of carboxylic acids is 1. The lowest BCUT2D eigenvalue weighted by Crippen LogP contribution is -2.45. The number of piperidine rings is 1. The van der Waals surface area contributed by atoms with E-state index in [0.29, 0.717) is 31.8 Å². The maximum atomic E-state index is 12.6. The summed E-state index contributed by atoms with van der Waals surface area (Å²) in [6.07, 6.45) is 1.84. The van der Waals surface area contributed by atoms with Gasteiger partial charge in [-0.05, 0) is 43.2 Å².